The molecule has 0 aliphatic heterocycles. The van der Waals surface area contributed by atoms with Crippen LogP contribution >= 0.6 is 11.6 Å². The number of hydrogen-bond acceptors (Lipinski definition) is 3. The van der Waals surface area contributed by atoms with E-state index in [0.717, 1.165) is 28.0 Å². The topological polar surface area (TPSA) is 43.6 Å². The Bertz CT molecular complexity index is 988. The molecule has 0 saturated carbocycles. The van der Waals surface area contributed by atoms with Gasteiger partial charge in [-0.2, -0.15) is 5.10 Å². The van der Waals surface area contributed by atoms with Gasteiger partial charge in [0, 0.05) is 11.1 Å². The highest BCUT2D eigenvalue weighted by Crippen LogP contribution is 2.28. The molecule has 0 atom stereocenters. The third-order valence-electron chi connectivity index (χ3n) is 3.90. The molecule has 0 radical (unpaired) electrons. The van der Waals surface area contributed by atoms with Crippen LogP contribution in [0.4, 0.5) is 0 Å². The average molecular weight is 335 g/mol. The molecule has 0 saturated heterocycles. The highest BCUT2D eigenvalue weighted by atomic mass is 35.5. The summed E-state index contributed by atoms with van der Waals surface area (Å²) in [6.07, 6.45) is 0. The highest BCUT2D eigenvalue weighted by Gasteiger charge is 2.14. The predicted molar refractivity (Wildman–Crippen MR) is 96.1 cm³/mol. The molecule has 0 aliphatic carbocycles. The van der Waals surface area contributed by atoms with Crippen LogP contribution in [0, 0.1) is 6.92 Å². The summed E-state index contributed by atoms with van der Waals surface area (Å²) in [7, 11) is 0. The number of fused-ring (bicyclic) bond motifs is 1. The van der Waals surface area contributed by atoms with Crippen LogP contribution < -0.4 is 0 Å². The maximum absolute atomic E-state index is 6.03. The lowest BCUT2D eigenvalue weighted by molar-refractivity contribution is 0.714. The third kappa shape index (κ3) is 2.76. The summed E-state index contributed by atoms with van der Waals surface area (Å²) in [5.41, 5.74) is 4.68. The van der Waals surface area contributed by atoms with Crippen LogP contribution in [-0.2, 0) is 6.54 Å². The van der Waals surface area contributed by atoms with E-state index in [9.17, 15) is 0 Å². The molecule has 0 spiro atoms. The van der Waals surface area contributed by atoms with Crippen LogP contribution in [0.1, 0.15) is 11.3 Å². The molecule has 0 bridgehead atoms. The maximum Gasteiger partial charge on any atom is 0.223 e. The van der Waals surface area contributed by atoms with Crippen LogP contribution in [0.15, 0.2) is 60.7 Å². The van der Waals surface area contributed by atoms with E-state index >= 15 is 0 Å². The van der Waals surface area contributed by atoms with E-state index in [4.69, 9.17) is 16.7 Å². The molecule has 0 fully saturated rings. The molecule has 4 rings (SSSR count). The van der Waals surface area contributed by atoms with Crippen molar-refractivity contribution in [3.05, 3.63) is 77.2 Å². The molecule has 0 N–H and O–H groups in total. The molecular formula is C19H15ClN4. The first kappa shape index (κ1) is 14.8. The second kappa shape index (κ2) is 6.06. The molecular weight excluding hydrogens is 320 g/mol. The molecule has 0 unspecified atom stereocenters. The second-order valence-corrected chi connectivity index (χ2v) is 6.01. The molecule has 5 heteroatoms. The first-order chi connectivity index (χ1) is 11.7. The lowest BCUT2D eigenvalue weighted by Gasteiger charge is -2.03. The summed E-state index contributed by atoms with van der Waals surface area (Å²) in [5.74, 6) is 0. The average Bonchev–Trinajstić information content (AvgIpc) is 2.94. The van der Waals surface area contributed by atoms with E-state index < -0.39 is 0 Å². The Labute approximate surface area is 144 Å². The fraction of sp³-hybridized carbons (Fsp3) is 0.105. The van der Waals surface area contributed by atoms with Gasteiger partial charge >= 0.3 is 0 Å². The van der Waals surface area contributed by atoms with Gasteiger partial charge in [0.05, 0.1) is 17.8 Å². The zero-order valence-electron chi connectivity index (χ0n) is 13.1. The number of nitrogens with zero attached hydrogens (tertiary/aromatic N) is 4. The Morgan fingerprint density at radius 3 is 2.50 bits per heavy atom. The van der Waals surface area contributed by atoms with Crippen LogP contribution in [-0.4, -0.2) is 19.7 Å². The van der Waals surface area contributed by atoms with Crippen LogP contribution in [0.5, 0.6) is 0 Å². The lowest BCUT2D eigenvalue weighted by Crippen LogP contribution is -2.01. The molecule has 4 aromatic rings. The number of hydrogen-bond donors (Lipinski definition) is 0. The van der Waals surface area contributed by atoms with Gasteiger partial charge in [0.1, 0.15) is 5.69 Å². The molecule has 24 heavy (non-hydrogen) atoms. The monoisotopic (exact) mass is 334 g/mol. The highest BCUT2D eigenvalue weighted by molar-refractivity contribution is 6.28. The number of halogens is 1. The summed E-state index contributed by atoms with van der Waals surface area (Å²) in [6.45, 7) is 2.61. The van der Waals surface area contributed by atoms with Gasteiger partial charge in [-0.25, -0.2) is 9.97 Å². The van der Waals surface area contributed by atoms with Gasteiger partial charge in [-0.15, -0.1) is 0 Å². The van der Waals surface area contributed by atoms with Crippen molar-refractivity contribution in [3.63, 3.8) is 0 Å². The quantitative estimate of drug-likeness (QED) is 0.518. The van der Waals surface area contributed by atoms with E-state index in [-0.39, 0.29) is 5.28 Å². The summed E-state index contributed by atoms with van der Waals surface area (Å²) in [5, 5.41) is 6.11. The summed E-state index contributed by atoms with van der Waals surface area (Å²) < 4.78 is 2.01. The fourth-order valence-electron chi connectivity index (χ4n) is 2.85. The Kier molecular flexibility index (Phi) is 3.75. The fourth-order valence-corrected chi connectivity index (χ4v) is 3.07. The van der Waals surface area contributed by atoms with E-state index in [1.165, 1.54) is 5.56 Å². The number of para-hydroxylation sites is 1. The van der Waals surface area contributed by atoms with E-state index in [1.54, 1.807) is 0 Å². The van der Waals surface area contributed by atoms with Gasteiger partial charge in [0.25, 0.3) is 0 Å². The summed E-state index contributed by atoms with van der Waals surface area (Å²) in [6, 6.07) is 20.4. The second-order valence-electron chi connectivity index (χ2n) is 5.67. The summed E-state index contributed by atoms with van der Waals surface area (Å²) in [4.78, 5) is 8.49. The number of aromatic nitrogens is 4. The van der Waals surface area contributed by atoms with Crippen molar-refractivity contribution < 1.29 is 0 Å². The molecule has 0 aliphatic rings. The zero-order chi connectivity index (χ0) is 16.5. The number of rotatable bonds is 3. The van der Waals surface area contributed by atoms with Crippen molar-refractivity contribution in [1.29, 1.82) is 0 Å². The van der Waals surface area contributed by atoms with E-state index in [1.807, 2.05) is 48.0 Å². The minimum absolute atomic E-state index is 0.242. The Morgan fingerprint density at radius 2 is 1.71 bits per heavy atom. The SMILES string of the molecule is Cc1cc(-c2nn(Cc3ccccc3)c3ccccc23)nc(Cl)n1. The van der Waals surface area contributed by atoms with E-state index in [0.29, 0.717) is 6.54 Å². The Hall–Kier alpha value is -2.72. The van der Waals surface area contributed by atoms with Crippen molar-refractivity contribution >= 4 is 22.5 Å². The Morgan fingerprint density at radius 1 is 0.958 bits per heavy atom. The first-order valence-corrected chi connectivity index (χ1v) is 8.09. The maximum atomic E-state index is 6.03. The number of benzene rings is 2. The minimum Gasteiger partial charge on any atom is -0.260 e. The lowest BCUT2D eigenvalue weighted by atomic mass is 10.1. The third-order valence-corrected chi connectivity index (χ3v) is 4.07. The van der Waals surface area contributed by atoms with Crippen molar-refractivity contribution in [2.45, 2.75) is 13.5 Å². The molecule has 118 valence electrons. The van der Waals surface area contributed by atoms with Gasteiger partial charge in [-0.3, -0.25) is 4.68 Å². The van der Waals surface area contributed by atoms with Gasteiger partial charge in [-0.05, 0) is 36.2 Å². The van der Waals surface area contributed by atoms with Crippen LogP contribution in [0.3, 0.4) is 0 Å². The van der Waals surface area contributed by atoms with Crippen molar-refractivity contribution in [1.82, 2.24) is 19.7 Å². The van der Waals surface area contributed by atoms with Crippen molar-refractivity contribution in [2.75, 3.05) is 0 Å². The van der Waals surface area contributed by atoms with Crippen molar-refractivity contribution in [3.8, 4) is 11.4 Å². The Balaban J connectivity index is 1.88. The number of aryl methyl sites for hydroxylation is 1. The molecule has 4 nitrogen and oxygen atoms in total. The molecule has 2 heterocycles. The van der Waals surface area contributed by atoms with Gasteiger partial charge in [0.2, 0.25) is 5.28 Å². The van der Waals surface area contributed by atoms with Crippen LogP contribution in [0.2, 0.25) is 5.28 Å². The smallest absolute Gasteiger partial charge is 0.223 e. The van der Waals surface area contributed by atoms with Crippen LogP contribution in [0.25, 0.3) is 22.3 Å². The van der Waals surface area contributed by atoms with Crippen molar-refractivity contribution in [2.24, 2.45) is 0 Å². The summed E-state index contributed by atoms with van der Waals surface area (Å²) >= 11 is 6.03. The van der Waals surface area contributed by atoms with Gasteiger partial charge in [0.15, 0.2) is 0 Å². The molecule has 0 amide bonds. The first-order valence-electron chi connectivity index (χ1n) is 7.72. The zero-order valence-corrected chi connectivity index (χ0v) is 13.9. The minimum atomic E-state index is 0.242. The van der Waals surface area contributed by atoms with Gasteiger partial charge < -0.3 is 0 Å². The normalized spacial score (nSPS) is 11.1. The largest absolute Gasteiger partial charge is 0.260 e. The van der Waals surface area contributed by atoms with Gasteiger partial charge in [-0.1, -0.05) is 48.5 Å². The molecule has 2 aromatic heterocycles. The molecule has 2 aromatic carbocycles. The standard InChI is InChI=1S/C19H15ClN4/c1-13-11-16(22-19(20)21-13)18-15-9-5-6-10-17(15)24(23-18)12-14-7-3-2-4-8-14/h2-11H,12H2,1H3. The van der Waals surface area contributed by atoms with E-state index in [2.05, 4.69) is 34.2 Å². The predicted octanol–water partition coefficient (Wildman–Crippen LogP) is 4.50.